The molecule has 168 valence electrons. The van der Waals surface area contributed by atoms with E-state index in [9.17, 15) is 9.59 Å². The van der Waals surface area contributed by atoms with E-state index in [0.717, 1.165) is 22.3 Å². The molecule has 0 saturated carbocycles. The first-order chi connectivity index (χ1) is 16.0. The number of anilines is 1. The van der Waals surface area contributed by atoms with Crippen molar-refractivity contribution in [1.82, 2.24) is 29.6 Å². The largest absolute Gasteiger partial charge is 0.348 e. The number of pyridine rings is 1. The van der Waals surface area contributed by atoms with E-state index in [1.165, 1.54) is 0 Å². The van der Waals surface area contributed by atoms with Gasteiger partial charge < -0.3 is 9.80 Å². The molecule has 9 nitrogen and oxygen atoms in total. The van der Waals surface area contributed by atoms with Crippen LogP contribution >= 0.6 is 0 Å². The van der Waals surface area contributed by atoms with Crippen molar-refractivity contribution in [2.24, 2.45) is 0 Å². The Morgan fingerprint density at radius 3 is 2.55 bits per heavy atom. The van der Waals surface area contributed by atoms with Crippen LogP contribution in [0.5, 0.6) is 0 Å². The van der Waals surface area contributed by atoms with Crippen LogP contribution in [0.2, 0.25) is 0 Å². The summed E-state index contributed by atoms with van der Waals surface area (Å²) in [4.78, 5) is 38.8. The third-order valence-corrected chi connectivity index (χ3v) is 5.93. The SMILES string of the molecule is CC(C)n1c(=O)c(N2CCN(C(=O)c3cc(-c4ccccc4)n[nH]3)CC2)nc2ccncc21. The molecule has 0 atom stereocenters. The van der Waals surface area contributed by atoms with Gasteiger partial charge in [-0.05, 0) is 26.0 Å². The van der Waals surface area contributed by atoms with Gasteiger partial charge in [-0.3, -0.25) is 24.2 Å². The Labute approximate surface area is 190 Å². The summed E-state index contributed by atoms with van der Waals surface area (Å²) in [5.41, 5.74) is 3.48. The number of nitrogens with one attached hydrogen (secondary N) is 1. The minimum atomic E-state index is -0.133. The Bertz CT molecular complexity index is 1350. The Hall–Kier alpha value is -4.01. The molecule has 4 heterocycles. The number of aromatic nitrogens is 5. The van der Waals surface area contributed by atoms with E-state index >= 15 is 0 Å². The Morgan fingerprint density at radius 2 is 1.82 bits per heavy atom. The van der Waals surface area contributed by atoms with E-state index in [2.05, 4.69) is 20.2 Å². The standard InChI is InChI=1S/C24H25N7O2/c1-16(2)31-21-15-25-9-8-18(21)26-22(24(31)33)29-10-12-30(13-11-29)23(32)20-14-19(27-28-20)17-6-4-3-5-7-17/h3-9,14-16H,10-13H2,1-2H3,(H,27,28). The number of rotatable bonds is 4. The Balaban J connectivity index is 1.34. The van der Waals surface area contributed by atoms with E-state index in [-0.39, 0.29) is 17.5 Å². The predicted octanol–water partition coefficient (Wildman–Crippen LogP) is 2.72. The quantitative estimate of drug-likeness (QED) is 0.521. The molecular formula is C24H25N7O2. The van der Waals surface area contributed by atoms with Gasteiger partial charge in [0.05, 0.1) is 22.9 Å². The highest BCUT2D eigenvalue weighted by Crippen LogP contribution is 2.20. The molecule has 1 N–H and O–H groups in total. The van der Waals surface area contributed by atoms with Gasteiger partial charge in [-0.25, -0.2) is 4.98 Å². The zero-order valence-electron chi connectivity index (χ0n) is 18.6. The zero-order valence-corrected chi connectivity index (χ0v) is 18.6. The maximum Gasteiger partial charge on any atom is 0.294 e. The number of benzene rings is 1. The third-order valence-electron chi connectivity index (χ3n) is 5.93. The molecule has 0 aliphatic carbocycles. The third kappa shape index (κ3) is 3.86. The number of fused-ring (bicyclic) bond motifs is 1. The molecule has 9 heteroatoms. The second-order valence-corrected chi connectivity index (χ2v) is 8.38. The molecule has 1 amide bonds. The van der Waals surface area contributed by atoms with Crippen LogP contribution < -0.4 is 10.5 Å². The van der Waals surface area contributed by atoms with Crippen molar-refractivity contribution in [3.63, 3.8) is 0 Å². The highest BCUT2D eigenvalue weighted by Gasteiger charge is 2.27. The fraction of sp³-hybridized carbons (Fsp3) is 0.292. The van der Waals surface area contributed by atoms with Gasteiger partial charge in [0, 0.05) is 44.0 Å². The van der Waals surface area contributed by atoms with Gasteiger partial charge in [-0.2, -0.15) is 5.10 Å². The number of piperazine rings is 1. The van der Waals surface area contributed by atoms with Crippen LogP contribution in [0.1, 0.15) is 30.4 Å². The van der Waals surface area contributed by atoms with Crippen LogP contribution in [0.4, 0.5) is 5.82 Å². The summed E-state index contributed by atoms with van der Waals surface area (Å²) in [6.07, 6.45) is 3.36. The van der Waals surface area contributed by atoms with Crippen molar-refractivity contribution < 1.29 is 4.79 Å². The molecular weight excluding hydrogens is 418 g/mol. The van der Waals surface area contributed by atoms with E-state index in [1.807, 2.05) is 55.1 Å². The minimum Gasteiger partial charge on any atom is -0.348 e. The average molecular weight is 444 g/mol. The lowest BCUT2D eigenvalue weighted by Gasteiger charge is -2.35. The lowest BCUT2D eigenvalue weighted by Crippen LogP contribution is -2.50. The number of aromatic amines is 1. The number of amides is 1. The minimum absolute atomic E-state index is 0.0204. The number of carbonyl (C=O) groups excluding carboxylic acids is 1. The number of hydrogen-bond donors (Lipinski definition) is 1. The van der Waals surface area contributed by atoms with Crippen molar-refractivity contribution in [3.05, 3.63) is 70.9 Å². The van der Waals surface area contributed by atoms with Crippen LogP contribution in [0.25, 0.3) is 22.3 Å². The number of H-pyrrole nitrogens is 1. The van der Waals surface area contributed by atoms with Crippen LogP contribution in [0, 0.1) is 0 Å². The number of nitrogens with zero attached hydrogens (tertiary/aromatic N) is 6. The molecule has 1 aliphatic heterocycles. The monoisotopic (exact) mass is 443 g/mol. The van der Waals surface area contributed by atoms with Gasteiger partial charge in [-0.1, -0.05) is 30.3 Å². The summed E-state index contributed by atoms with van der Waals surface area (Å²) in [5, 5.41) is 7.16. The maximum absolute atomic E-state index is 13.2. The normalized spacial score (nSPS) is 14.3. The number of carbonyl (C=O) groups is 1. The lowest BCUT2D eigenvalue weighted by molar-refractivity contribution is 0.0740. The van der Waals surface area contributed by atoms with Crippen LogP contribution in [-0.2, 0) is 0 Å². The second kappa shape index (κ2) is 8.50. The zero-order chi connectivity index (χ0) is 22.9. The van der Waals surface area contributed by atoms with Crippen LogP contribution in [0.15, 0.2) is 59.7 Å². The van der Waals surface area contributed by atoms with Crippen molar-refractivity contribution in [2.75, 3.05) is 31.1 Å². The van der Waals surface area contributed by atoms with Crippen molar-refractivity contribution in [3.8, 4) is 11.3 Å². The van der Waals surface area contributed by atoms with Gasteiger partial charge in [-0.15, -0.1) is 0 Å². The lowest BCUT2D eigenvalue weighted by atomic mass is 10.1. The molecule has 0 spiro atoms. The van der Waals surface area contributed by atoms with Crippen molar-refractivity contribution in [1.29, 1.82) is 0 Å². The summed E-state index contributed by atoms with van der Waals surface area (Å²) in [6, 6.07) is 13.3. The molecule has 4 aromatic rings. The second-order valence-electron chi connectivity index (χ2n) is 8.38. The highest BCUT2D eigenvalue weighted by molar-refractivity contribution is 5.93. The van der Waals surface area contributed by atoms with E-state index in [1.54, 1.807) is 27.9 Å². The summed E-state index contributed by atoms with van der Waals surface area (Å²) < 4.78 is 1.73. The molecule has 5 rings (SSSR count). The first-order valence-electron chi connectivity index (χ1n) is 11.0. The smallest absolute Gasteiger partial charge is 0.294 e. The molecule has 1 aromatic carbocycles. The molecule has 1 aliphatic rings. The van der Waals surface area contributed by atoms with Gasteiger partial charge >= 0.3 is 0 Å². The van der Waals surface area contributed by atoms with Gasteiger partial charge in [0.15, 0.2) is 5.82 Å². The van der Waals surface area contributed by atoms with E-state index in [4.69, 9.17) is 0 Å². The topological polar surface area (TPSA) is 100 Å². The molecule has 0 bridgehead atoms. The first-order valence-corrected chi connectivity index (χ1v) is 11.0. The summed E-state index contributed by atoms with van der Waals surface area (Å²) in [5.74, 6) is 0.323. The van der Waals surface area contributed by atoms with Gasteiger partial charge in [0.1, 0.15) is 5.69 Å². The predicted molar refractivity (Wildman–Crippen MR) is 126 cm³/mol. The molecule has 33 heavy (non-hydrogen) atoms. The molecule has 1 fully saturated rings. The molecule has 0 unspecified atom stereocenters. The van der Waals surface area contributed by atoms with Crippen LogP contribution in [-0.4, -0.2) is 61.7 Å². The maximum atomic E-state index is 13.2. The fourth-order valence-corrected chi connectivity index (χ4v) is 4.24. The summed E-state index contributed by atoms with van der Waals surface area (Å²) in [6.45, 7) is 6.00. The van der Waals surface area contributed by atoms with Gasteiger partial charge in [0.2, 0.25) is 0 Å². The first kappa shape index (κ1) is 20.9. The van der Waals surface area contributed by atoms with E-state index < -0.39 is 0 Å². The summed E-state index contributed by atoms with van der Waals surface area (Å²) in [7, 11) is 0. The molecule has 1 saturated heterocycles. The van der Waals surface area contributed by atoms with Crippen molar-refractivity contribution in [2.45, 2.75) is 19.9 Å². The van der Waals surface area contributed by atoms with Crippen LogP contribution in [0.3, 0.4) is 0 Å². The van der Waals surface area contributed by atoms with Gasteiger partial charge in [0.25, 0.3) is 11.5 Å². The summed E-state index contributed by atoms with van der Waals surface area (Å²) >= 11 is 0. The van der Waals surface area contributed by atoms with E-state index in [0.29, 0.717) is 37.7 Å². The van der Waals surface area contributed by atoms with Crippen molar-refractivity contribution >= 4 is 22.8 Å². The Morgan fingerprint density at radius 1 is 1.06 bits per heavy atom. The highest BCUT2D eigenvalue weighted by atomic mass is 16.2. The molecule has 3 aromatic heterocycles. The fourth-order valence-electron chi connectivity index (χ4n) is 4.24. The average Bonchev–Trinajstić information content (AvgIpc) is 3.34. The number of hydrogen-bond acceptors (Lipinski definition) is 6. The molecule has 0 radical (unpaired) electrons. The Kier molecular flexibility index (Phi) is 5.37.